The fraction of sp³-hybridized carbons (Fsp3) is 0.444. The van der Waals surface area contributed by atoms with Crippen molar-refractivity contribution in [3.05, 3.63) is 46.8 Å². The smallest absolute Gasteiger partial charge is 0.251 e. The van der Waals surface area contributed by atoms with Gasteiger partial charge in [0.15, 0.2) is 0 Å². The number of hydrogen-bond acceptors (Lipinski definition) is 4. The minimum absolute atomic E-state index is 0.0489. The van der Waals surface area contributed by atoms with Crippen molar-refractivity contribution in [1.82, 2.24) is 10.5 Å². The fourth-order valence-electron chi connectivity index (χ4n) is 2.59. The van der Waals surface area contributed by atoms with Crippen LogP contribution in [0.3, 0.4) is 0 Å². The summed E-state index contributed by atoms with van der Waals surface area (Å²) in [5.41, 5.74) is 2.39. The molecule has 0 spiro atoms. The van der Waals surface area contributed by atoms with E-state index in [9.17, 15) is 4.79 Å². The van der Waals surface area contributed by atoms with E-state index >= 15 is 0 Å². The van der Waals surface area contributed by atoms with Gasteiger partial charge in [-0.1, -0.05) is 11.2 Å². The van der Waals surface area contributed by atoms with E-state index in [4.69, 9.17) is 9.26 Å². The zero-order valence-corrected chi connectivity index (χ0v) is 13.8. The van der Waals surface area contributed by atoms with Crippen LogP contribution in [0.25, 0.3) is 0 Å². The van der Waals surface area contributed by atoms with Crippen molar-refractivity contribution >= 4 is 5.91 Å². The summed E-state index contributed by atoms with van der Waals surface area (Å²) in [6.45, 7) is 6.19. The molecule has 1 N–H and O–H groups in total. The quantitative estimate of drug-likeness (QED) is 0.887. The molecule has 1 aliphatic rings. The summed E-state index contributed by atoms with van der Waals surface area (Å²) < 4.78 is 10.9. The van der Waals surface area contributed by atoms with E-state index < -0.39 is 0 Å². The van der Waals surface area contributed by atoms with Crippen molar-refractivity contribution in [2.24, 2.45) is 5.92 Å². The SMILES string of the molecule is Cc1noc(C)c1COc1cccc(C(=O)NC(C)C2CC2)c1. The molecule has 1 aliphatic carbocycles. The minimum atomic E-state index is -0.0489. The molecule has 5 heteroatoms. The molecular weight excluding hydrogens is 292 g/mol. The van der Waals surface area contributed by atoms with E-state index in [1.54, 1.807) is 12.1 Å². The topological polar surface area (TPSA) is 64.4 Å². The number of carbonyl (C=O) groups excluding carboxylic acids is 1. The standard InChI is InChI=1S/C18H22N2O3/c1-11(14-7-8-14)19-18(21)15-5-4-6-16(9-15)22-10-17-12(2)20-23-13(17)3/h4-6,9,11,14H,7-8,10H2,1-3H3,(H,19,21). The Morgan fingerprint density at radius 1 is 1.43 bits per heavy atom. The maximum Gasteiger partial charge on any atom is 0.251 e. The van der Waals surface area contributed by atoms with Gasteiger partial charge >= 0.3 is 0 Å². The van der Waals surface area contributed by atoms with Crippen LogP contribution in [0.5, 0.6) is 5.75 Å². The van der Waals surface area contributed by atoms with Crippen molar-refractivity contribution in [3.63, 3.8) is 0 Å². The van der Waals surface area contributed by atoms with E-state index in [-0.39, 0.29) is 11.9 Å². The lowest BCUT2D eigenvalue weighted by Crippen LogP contribution is -2.33. The van der Waals surface area contributed by atoms with Gasteiger partial charge < -0.3 is 14.6 Å². The van der Waals surface area contributed by atoms with Gasteiger partial charge in [0.1, 0.15) is 18.1 Å². The number of aryl methyl sites for hydroxylation is 2. The van der Waals surface area contributed by atoms with E-state index in [2.05, 4.69) is 17.4 Å². The first-order valence-electron chi connectivity index (χ1n) is 8.00. The van der Waals surface area contributed by atoms with Crippen molar-refractivity contribution in [1.29, 1.82) is 0 Å². The first-order valence-corrected chi connectivity index (χ1v) is 8.00. The van der Waals surface area contributed by atoms with Crippen LogP contribution in [-0.4, -0.2) is 17.1 Å². The number of hydrogen-bond donors (Lipinski definition) is 1. The van der Waals surface area contributed by atoms with Crippen LogP contribution in [0.2, 0.25) is 0 Å². The van der Waals surface area contributed by atoms with Gasteiger partial charge in [-0.05, 0) is 57.7 Å². The van der Waals surface area contributed by atoms with E-state index in [1.807, 2.05) is 26.0 Å². The molecule has 1 amide bonds. The average Bonchev–Trinajstić information content (AvgIpc) is 3.33. The molecule has 5 nitrogen and oxygen atoms in total. The van der Waals surface area contributed by atoms with E-state index in [0.717, 1.165) is 17.0 Å². The molecule has 1 aromatic heterocycles. The largest absolute Gasteiger partial charge is 0.489 e. The molecule has 0 radical (unpaired) electrons. The molecule has 0 saturated heterocycles. The van der Waals surface area contributed by atoms with Crippen LogP contribution in [0.4, 0.5) is 0 Å². The number of nitrogens with zero attached hydrogens (tertiary/aromatic N) is 1. The number of amides is 1. The highest BCUT2D eigenvalue weighted by Gasteiger charge is 2.29. The third-order valence-corrected chi connectivity index (χ3v) is 4.35. The highest BCUT2D eigenvalue weighted by molar-refractivity contribution is 5.94. The number of aromatic nitrogens is 1. The van der Waals surface area contributed by atoms with Crippen molar-refractivity contribution in [3.8, 4) is 5.75 Å². The van der Waals surface area contributed by atoms with Crippen molar-refractivity contribution in [2.75, 3.05) is 0 Å². The highest BCUT2D eigenvalue weighted by atomic mass is 16.5. The molecule has 1 atom stereocenters. The minimum Gasteiger partial charge on any atom is -0.489 e. The van der Waals surface area contributed by atoms with Gasteiger partial charge in [-0.3, -0.25) is 4.79 Å². The fourth-order valence-corrected chi connectivity index (χ4v) is 2.59. The Morgan fingerprint density at radius 3 is 2.87 bits per heavy atom. The Balaban J connectivity index is 1.63. The van der Waals surface area contributed by atoms with E-state index in [1.165, 1.54) is 12.8 Å². The van der Waals surface area contributed by atoms with Gasteiger partial charge in [0.05, 0.1) is 11.3 Å². The van der Waals surface area contributed by atoms with Crippen LogP contribution in [-0.2, 0) is 6.61 Å². The lowest BCUT2D eigenvalue weighted by molar-refractivity contribution is 0.0935. The van der Waals surface area contributed by atoms with Gasteiger partial charge in [-0.2, -0.15) is 0 Å². The predicted octanol–water partition coefficient (Wildman–Crippen LogP) is 3.40. The molecule has 23 heavy (non-hydrogen) atoms. The Labute approximate surface area is 136 Å². The number of carbonyl (C=O) groups is 1. The number of benzene rings is 1. The summed E-state index contributed by atoms with van der Waals surface area (Å²) in [5, 5.41) is 6.96. The molecule has 0 bridgehead atoms. The highest BCUT2D eigenvalue weighted by Crippen LogP contribution is 2.32. The molecule has 1 fully saturated rings. The second-order valence-corrected chi connectivity index (χ2v) is 6.22. The predicted molar refractivity (Wildman–Crippen MR) is 86.4 cm³/mol. The van der Waals surface area contributed by atoms with Crippen LogP contribution >= 0.6 is 0 Å². The van der Waals surface area contributed by atoms with Gasteiger partial charge in [-0.25, -0.2) is 0 Å². The second-order valence-electron chi connectivity index (χ2n) is 6.22. The van der Waals surface area contributed by atoms with Gasteiger partial charge in [0.25, 0.3) is 5.91 Å². The third-order valence-electron chi connectivity index (χ3n) is 4.35. The van der Waals surface area contributed by atoms with Gasteiger partial charge in [0.2, 0.25) is 0 Å². The Kier molecular flexibility index (Phi) is 4.37. The summed E-state index contributed by atoms with van der Waals surface area (Å²) in [7, 11) is 0. The molecule has 1 aromatic carbocycles. The Bertz CT molecular complexity index is 685. The third kappa shape index (κ3) is 3.73. The number of nitrogens with one attached hydrogen (secondary N) is 1. The Morgan fingerprint density at radius 2 is 2.22 bits per heavy atom. The van der Waals surface area contributed by atoms with Crippen LogP contribution in [0.15, 0.2) is 28.8 Å². The molecular formula is C18H22N2O3. The summed E-state index contributed by atoms with van der Waals surface area (Å²) >= 11 is 0. The zero-order valence-electron chi connectivity index (χ0n) is 13.8. The first kappa shape index (κ1) is 15.6. The summed E-state index contributed by atoms with van der Waals surface area (Å²) in [5.74, 6) is 2.01. The molecule has 2 aromatic rings. The normalized spacial score (nSPS) is 15.3. The van der Waals surface area contributed by atoms with E-state index in [0.29, 0.717) is 23.8 Å². The van der Waals surface area contributed by atoms with Gasteiger partial charge in [0, 0.05) is 11.6 Å². The first-order chi connectivity index (χ1) is 11.0. The van der Waals surface area contributed by atoms with Crippen LogP contribution in [0, 0.1) is 19.8 Å². The summed E-state index contributed by atoms with van der Waals surface area (Å²) in [6.07, 6.45) is 2.42. The van der Waals surface area contributed by atoms with Crippen LogP contribution in [0.1, 0.15) is 47.1 Å². The maximum absolute atomic E-state index is 12.3. The molecule has 1 saturated carbocycles. The summed E-state index contributed by atoms with van der Waals surface area (Å²) in [4.78, 5) is 12.3. The molecule has 1 heterocycles. The average molecular weight is 314 g/mol. The zero-order chi connectivity index (χ0) is 16.4. The second kappa shape index (κ2) is 6.44. The van der Waals surface area contributed by atoms with Gasteiger partial charge in [-0.15, -0.1) is 0 Å². The maximum atomic E-state index is 12.3. The molecule has 1 unspecified atom stereocenters. The monoisotopic (exact) mass is 314 g/mol. The lowest BCUT2D eigenvalue weighted by Gasteiger charge is -2.13. The number of ether oxygens (including phenoxy) is 1. The Hall–Kier alpha value is -2.30. The summed E-state index contributed by atoms with van der Waals surface area (Å²) in [6, 6.07) is 7.48. The molecule has 0 aliphatic heterocycles. The van der Waals surface area contributed by atoms with Crippen molar-refractivity contribution in [2.45, 2.75) is 46.3 Å². The molecule has 122 valence electrons. The van der Waals surface area contributed by atoms with Crippen molar-refractivity contribution < 1.29 is 14.1 Å². The molecule has 3 rings (SSSR count). The van der Waals surface area contributed by atoms with Crippen LogP contribution < -0.4 is 10.1 Å². The number of rotatable bonds is 6. The lowest BCUT2D eigenvalue weighted by atomic mass is 10.1.